The monoisotopic (exact) mass is 607 g/mol. The number of carbonyl (C=O) groups excluding carboxylic acids is 1. The van der Waals surface area contributed by atoms with Gasteiger partial charge in [0.05, 0.1) is 54.0 Å². The number of hydrogen-bond acceptors (Lipinski definition) is 9. The number of sulfonamides is 1. The average molecular weight is 608 g/mol. The van der Waals surface area contributed by atoms with Gasteiger partial charge in [0, 0.05) is 38.6 Å². The molecule has 16 heteroatoms. The largest absolute Gasteiger partial charge is 0.480 e. The van der Waals surface area contributed by atoms with E-state index in [1.165, 1.54) is 36.4 Å². The van der Waals surface area contributed by atoms with E-state index in [1.54, 1.807) is 0 Å². The number of aromatic nitrogens is 4. The van der Waals surface area contributed by atoms with Crippen LogP contribution in [0.4, 0.5) is 14.5 Å². The lowest BCUT2D eigenvalue weighted by Crippen LogP contribution is -2.41. The maximum Gasteiger partial charge on any atom is 0.272 e. The number of hydrogen-bond donors (Lipinski definition) is 2. The van der Waals surface area contributed by atoms with Crippen LogP contribution >= 0.6 is 11.6 Å². The highest BCUT2D eigenvalue weighted by atomic mass is 35.5. The van der Waals surface area contributed by atoms with E-state index in [0.717, 1.165) is 31.3 Å². The van der Waals surface area contributed by atoms with Crippen molar-refractivity contribution >= 4 is 38.7 Å². The van der Waals surface area contributed by atoms with Crippen LogP contribution in [0.3, 0.4) is 0 Å². The zero-order valence-electron chi connectivity index (χ0n) is 21.6. The van der Waals surface area contributed by atoms with Crippen LogP contribution < -0.4 is 14.8 Å². The molecule has 1 aliphatic heterocycles. The minimum atomic E-state index is -4.44. The molecule has 1 fully saturated rings. The fourth-order valence-electron chi connectivity index (χ4n) is 4.26. The molecule has 4 heterocycles. The van der Waals surface area contributed by atoms with Crippen molar-refractivity contribution in [2.45, 2.75) is 4.90 Å². The van der Waals surface area contributed by atoms with Crippen LogP contribution in [0, 0.1) is 11.6 Å². The summed E-state index contributed by atoms with van der Waals surface area (Å²) in [5.41, 5.74) is -0.884. The molecular formula is C25H24ClF2N7O5S. The van der Waals surface area contributed by atoms with Crippen molar-refractivity contribution in [1.82, 2.24) is 29.6 Å². The molecule has 0 radical (unpaired) electrons. The van der Waals surface area contributed by atoms with Crippen molar-refractivity contribution in [3.63, 3.8) is 0 Å². The van der Waals surface area contributed by atoms with E-state index >= 15 is 4.39 Å². The Labute approximate surface area is 238 Å². The molecule has 1 saturated heterocycles. The van der Waals surface area contributed by atoms with Gasteiger partial charge in [0.1, 0.15) is 12.1 Å². The second kappa shape index (κ2) is 11.9. The predicted molar refractivity (Wildman–Crippen MR) is 145 cm³/mol. The van der Waals surface area contributed by atoms with Gasteiger partial charge in [-0.15, -0.1) is 0 Å². The molecule has 5 rings (SSSR count). The molecule has 1 aliphatic rings. The number of halogens is 3. The minimum Gasteiger partial charge on any atom is -0.480 e. The number of pyridine rings is 1. The third-order valence-electron chi connectivity index (χ3n) is 6.31. The fourth-order valence-corrected chi connectivity index (χ4v) is 5.68. The van der Waals surface area contributed by atoms with Gasteiger partial charge in [-0.25, -0.2) is 27.2 Å². The first kappa shape index (κ1) is 28.6. The molecule has 3 aromatic heterocycles. The second-order valence-corrected chi connectivity index (χ2v) is 11.0. The molecule has 4 aromatic rings. The normalized spacial score (nSPS) is 14.2. The average Bonchev–Trinajstić information content (AvgIpc) is 3.39. The first-order valence-corrected chi connectivity index (χ1v) is 14.2. The van der Waals surface area contributed by atoms with Gasteiger partial charge in [-0.1, -0.05) is 11.6 Å². The molecule has 1 aromatic carbocycles. The summed E-state index contributed by atoms with van der Waals surface area (Å²) >= 11 is 5.89. The van der Waals surface area contributed by atoms with E-state index in [4.69, 9.17) is 21.1 Å². The number of methoxy groups -OCH3 is 1. The minimum absolute atomic E-state index is 0.00873. The van der Waals surface area contributed by atoms with E-state index in [2.05, 4.69) is 29.9 Å². The Kier molecular flexibility index (Phi) is 8.30. The standard InChI is InChI=1S/C25H24ClF2N7O5S/c1-39-25-20(10-15(26)11-31-25)41(37,38)33-17-3-2-16(27)21(22(17)28)18-13-35-14-32-23(19(35)12-30-18)24(36)29-4-5-34-6-8-40-9-7-34/h2-3,10-14,33H,4-9H2,1H3,(H,29,36). The molecule has 216 valence electrons. The fraction of sp³-hybridized carbons (Fsp3) is 0.280. The third kappa shape index (κ3) is 6.07. The predicted octanol–water partition coefficient (Wildman–Crippen LogP) is 2.59. The van der Waals surface area contributed by atoms with E-state index in [1.807, 2.05) is 0 Å². The number of carbonyl (C=O) groups is 1. The van der Waals surface area contributed by atoms with Gasteiger partial charge in [-0.05, 0) is 18.2 Å². The summed E-state index contributed by atoms with van der Waals surface area (Å²) in [6.45, 7) is 3.94. The number of imidazole rings is 1. The zero-order valence-corrected chi connectivity index (χ0v) is 23.2. The van der Waals surface area contributed by atoms with E-state index in [-0.39, 0.29) is 22.3 Å². The molecule has 12 nitrogen and oxygen atoms in total. The highest BCUT2D eigenvalue weighted by Gasteiger charge is 2.26. The zero-order chi connectivity index (χ0) is 29.1. The molecule has 0 saturated carbocycles. The summed E-state index contributed by atoms with van der Waals surface area (Å²) < 4.78 is 70.2. The second-order valence-electron chi connectivity index (χ2n) is 8.92. The van der Waals surface area contributed by atoms with E-state index in [0.29, 0.717) is 31.8 Å². The number of nitrogens with one attached hydrogen (secondary N) is 2. The molecule has 41 heavy (non-hydrogen) atoms. The first-order valence-electron chi connectivity index (χ1n) is 12.3. The van der Waals surface area contributed by atoms with E-state index in [9.17, 15) is 17.6 Å². The van der Waals surface area contributed by atoms with Gasteiger partial charge in [-0.2, -0.15) is 0 Å². The number of amides is 1. The van der Waals surface area contributed by atoms with Crippen LogP contribution in [0.2, 0.25) is 5.02 Å². The maximum absolute atomic E-state index is 15.6. The molecule has 0 spiro atoms. The van der Waals surface area contributed by atoms with Crippen molar-refractivity contribution in [1.29, 1.82) is 0 Å². The number of anilines is 1. The summed E-state index contributed by atoms with van der Waals surface area (Å²) in [5.74, 6) is -2.89. The molecule has 2 N–H and O–H groups in total. The topological polar surface area (TPSA) is 140 Å². The molecular weight excluding hydrogens is 584 g/mol. The molecule has 0 aliphatic carbocycles. The third-order valence-corrected chi connectivity index (χ3v) is 7.88. The quantitative estimate of drug-likeness (QED) is 0.294. The van der Waals surface area contributed by atoms with Gasteiger partial charge in [0.25, 0.3) is 15.9 Å². The maximum atomic E-state index is 15.6. The van der Waals surface area contributed by atoms with Crippen LogP contribution in [0.25, 0.3) is 16.8 Å². The van der Waals surface area contributed by atoms with Gasteiger partial charge in [0.2, 0.25) is 5.88 Å². The number of rotatable bonds is 9. The SMILES string of the molecule is COc1ncc(Cl)cc1S(=O)(=O)Nc1ccc(F)c(-c2cn3cnc(C(=O)NCCN4CCOCC4)c3cn2)c1F. The molecule has 0 bridgehead atoms. The van der Waals surface area contributed by atoms with Crippen LogP contribution in [0.15, 0.2) is 48.0 Å². The lowest BCUT2D eigenvalue weighted by atomic mass is 10.1. The summed E-state index contributed by atoms with van der Waals surface area (Å²) in [5, 5.41) is 2.82. The molecule has 0 unspecified atom stereocenters. The lowest BCUT2D eigenvalue weighted by molar-refractivity contribution is 0.0383. The van der Waals surface area contributed by atoms with Crippen molar-refractivity contribution in [2.75, 3.05) is 51.2 Å². The number of morpholine rings is 1. The number of fused-ring (bicyclic) bond motifs is 1. The Balaban J connectivity index is 1.38. The Morgan fingerprint density at radius 2 is 1.95 bits per heavy atom. The number of nitrogens with zero attached hydrogens (tertiary/aromatic N) is 5. The lowest BCUT2D eigenvalue weighted by Gasteiger charge is -2.26. The number of benzene rings is 1. The van der Waals surface area contributed by atoms with Crippen LogP contribution in [0.1, 0.15) is 10.5 Å². The Hall–Kier alpha value is -3.92. The summed E-state index contributed by atoms with van der Waals surface area (Å²) in [4.78, 5) is 26.5. The van der Waals surface area contributed by atoms with Crippen molar-refractivity contribution < 1.29 is 31.5 Å². The first-order chi connectivity index (χ1) is 19.7. The van der Waals surface area contributed by atoms with Gasteiger partial charge >= 0.3 is 0 Å². The highest BCUT2D eigenvalue weighted by molar-refractivity contribution is 7.92. The van der Waals surface area contributed by atoms with Crippen LogP contribution in [0.5, 0.6) is 5.88 Å². The molecule has 1 amide bonds. The van der Waals surface area contributed by atoms with Crippen molar-refractivity contribution in [3.05, 3.63) is 65.5 Å². The van der Waals surface area contributed by atoms with Crippen LogP contribution in [-0.2, 0) is 14.8 Å². The van der Waals surface area contributed by atoms with Crippen molar-refractivity contribution in [3.8, 4) is 17.1 Å². The number of ether oxygens (including phenoxy) is 2. The van der Waals surface area contributed by atoms with Gasteiger partial charge in [-0.3, -0.25) is 19.4 Å². The smallest absolute Gasteiger partial charge is 0.272 e. The Morgan fingerprint density at radius 1 is 1.17 bits per heavy atom. The summed E-state index contributed by atoms with van der Waals surface area (Å²) in [6, 6.07) is 2.92. The molecule has 0 atom stereocenters. The summed E-state index contributed by atoms with van der Waals surface area (Å²) in [7, 11) is -3.23. The Morgan fingerprint density at radius 3 is 2.71 bits per heavy atom. The van der Waals surface area contributed by atoms with Crippen LogP contribution in [-0.4, -0.2) is 85.1 Å². The highest BCUT2D eigenvalue weighted by Crippen LogP contribution is 2.32. The van der Waals surface area contributed by atoms with E-state index < -0.39 is 43.7 Å². The van der Waals surface area contributed by atoms with Crippen molar-refractivity contribution in [2.24, 2.45) is 0 Å². The summed E-state index contributed by atoms with van der Waals surface area (Å²) in [6.07, 6.45) is 5.06. The van der Waals surface area contributed by atoms with Gasteiger partial charge < -0.3 is 19.2 Å². The Bertz CT molecular complexity index is 1710. The van der Waals surface area contributed by atoms with Gasteiger partial charge in [0.15, 0.2) is 16.4 Å².